The van der Waals surface area contributed by atoms with Gasteiger partial charge in [0, 0.05) is 6.07 Å². The molecule has 0 saturated carbocycles. The molecule has 0 fully saturated rings. The summed E-state index contributed by atoms with van der Waals surface area (Å²) in [7, 11) is -1.07. The summed E-state index contributed by atoms with van der Waals surface area (Å²) < 4.78 is 41.3. The van der Waals surface area contributed by atoms with Gasteiger partial charge in [0.25, 0.3) is 0 Å². The summed E-state index contributed by atoms with van der Waals surface area (Å²) >= 11 is 3.31. The van der Waals surface area contributed by atoms with Gasteiger partial charge in [-0.3, -0.25) is 0 Å². The van der Waals surface area contributed by atoms with E-state index in [0.717, 1.165) is 5.56 Å². The van der Waals surface area contributed by atoms with Crippen LogP contribution in [-0.2, 0) is 10.1 Å². The number of hydrogen-bond donors (Lipinski definition) is 0. The summed E-state index contributed by atoms with van der Waals surface area (Å²) in [6.45, 7) is 3.57. The first-order chi connectivity index (χ1) is 10.8. The van der Waals surface area contributed by atoms with Crippen LogP contribution < -0.4 is 13.7 Å². The molecule has 5 nitrogen and oxygen atoms in total. The molecule has 2 aromatic rings. The normalized spacial score (nSPS) is 11.2. The van der Waals surface area contributed by atoms with Crippen molar-refractivity contribution in [3.05, 3.63) is 45.9 Å². The van der Waals surface area contributed by atoms with Crippen molar-refractivity contribution in [2.75, 3.05) is 14.2 Å². The second-order valence-electron chi connectivity index (χ2n) is 4.94. The molecule has 0 aliphatic carbocycles. The molecule has 0 bridgehead atoms. The zero-order valence-electron chi connectivity index (χ0n) is 13.2. The third kappa shape index (κ3) is 3.79. The van der Waals surface area contributed by atoms with Gasteiger partial charge < -0.3 is 13.7 Å². The van der Waals surface area contributed by atoms with Gasteiger partial charge in [0.1, 0.15) is 4.90 Å². The predicted molar refractivity (Wildman–Crippen MR) is 91.0 cm³/mol. The maximum absolute atomic E-state index is 12.6. The molecule has 23 heavy (non-hydrogen) atoms. The molecule has 0 aliphatic rings. The molecule has 2 rings (SSSR count). The molecule has 0 aliphatic heterocycles. The van der Waals surface area contributed by atoms with Gasteiger partial charge in [-0.25, -0.2) is 0 Å². The Morgan fingerprint density at radius 3 is 2.09 bits per heavy atom. The molecule has 0 radical (unpaired) electrons. The van der Waals surface area contributed by atoms with Gasteiger partial charge in [-0.15, -0.1) is 0 Å². The van der Waals surface area contributed by atoms with E-state index in [1.807, 2.05) is 6.92 Å². The number of rotatable bonds is 5. The lowest BCUT2D eigenvalue weighted by atomic mass is 10.2. The number of methoxy groups -OCH3 is 2. The van der Waals surface area contributed by atoms with Crippen LogP contribution >= 0.6 is 15.9 Å². The number of halogens is 1. The first-order valence-corrected chi connectivity index (χ1v) is 8.92. The molecule has 0 N–H and O–H groups in total. The monoisotopic (exact) mass is 400 g/mol. The molecular formula is C16H17BrO5S. The van der Waals surface area contributed by atoms with Crippen LogP contribution in [0.2, 0.25) is 0 Å². The number of ether oxygens (including phenoxy) is 2. The summed E-state index contributed by atoms with van der Waals surface area (Å²) in [4.78, 5) is 0.0302. The van der Waals surface area contributed by atoms with Crippen molar-refractivity contribution >= 4 is 26.0 Å². The second kappa shape index (κ2) is 6.80. The Labute approximate surface area is 144 Å². The zero-order chi connectivity index (χ0) is 17.2. The number of benzene rings is 2. The highest BCUT2D eigenvalue weighted by Gasteiger charge is 2.23. The van der Waals surface area contributed by atoms with Crippen LogP contribution in [0.25, 0.3) is 0 Å². The van der Waals surface area contributed by atoms with Crippen LogP contribution in [0.1, 0.15) is 11.1 Å². The van der Waals surface area contributed by atoms with Gasteiger partial charge in [-0.1, -0.05) is 6.07 Å². The van der Waals surface area contributed by atoms with Crippen molar-refractivity contribution in [2.45, 2.75) is 18.7 Å². The Kier molecular flexibility index (Phi) is 5.21. The van der Waals surface area contributed by atoms with E-state index < -0.39 is 10.1 Å². The molecule has 0 saturated heterocycles. The van der Waals surface area contributed by atoms with Gasteiger partial charge in [0.2, 0.25) is 0 Å². The Hall–Kier alpha value is -1.73. The zero-order valence-corrected chi connectivity index (χ0v) is 15.6. The van der Waals surface area contributed by atoms with E-state index in [4.69, 9.17) is 13.7 Å². The quantitative estimate of drug-likeness (QED) is 0.713. The third-order valence-electron chi connectivity index (χ3n) is 3.24. The van der Waals surface area contributed by atoms with Crippen molar-refractivity contribution in [1.29, 1.82) is 0 Å². The minimum absolute atomic E-state index is 0.0302. The molecule has 2 aromatic carbocycles. The summed E-state index contributed by atoms with van der Waals surface area (Å²) in [5.41, 5.74) is 1.50. The first kappa shape index (κ1) is 17.6. The molecule has 0 atom stereocenters. The largest absolute Gasteiger partial charge is 0.493 e. The molecule has 0 amide bonds. The molecule has 124 valence electrons. The van der Waals surface area contributed by atoms with Crippen LogP contribution in [0.5, 0.6) is 17.2 Å². The second-order valence-corrected chi connectivity index (χ2v) is 7.31. The average molecular weight is 401 g/mol. The minimum Gasteiger partial charge on any atom is -0.493 e. The van der Waals surface area contributed by atoms with Crippen LogP contribution in [0.3, 0.4) is 0 Å². The maximum Gasteiger partial charge on any atom is 0.339 e. The first-order valence-electron chi connectivity index (χ1n) is 6.71. The van der Waals surface area contributed by atoms with Crippen molar-refractivity contribution in [3.8, 4) is 17.2 Å². The summed E-state index contributed by atoms with van der Waals surface area (Å²) in [5.74, 6) is 1.01. The minimum atomic E-state index is -4.00. The molecule has 0 unspecified atom stereocenters. The Bertz CT molecular complexity index is 831. The van der Waals surface area contributed by atoms with E-state index in [1.54, 1.807) is 31.2 Å². The van der Waals surface area contributed by atoms with Gasteiger partial charge in [0.15, 0.2) is 17.2 Å². The fourth-order valence-corrected chi connectivity index (χ4v) is 3.93. The van der Waals surface area contributed by atoms with E-state index in [1.165, 1.54) is 20.3 Å². The SMILES string of the molecule is COc1cc(C)c(S(=O)(=O)Oc2ccc(C)cc2Br)cc1OC. The lowest BCUT2D eigenvalue weighted by molar-refractivity contribution is 0.353. The van der Waals surface area contributed by atoms with Crippen molar-refractivity contribution in [1.82, 2.24) is 0 Å². The smallest absolute Gasteiger partial charge is 0.339 e. The van der Waals surface area contributed by atoms with Gasteiger partial charge in [0.05, 0.1) is 18.7 Å². The van der Waals surface area contributed by atoms with Gasteiger partial charge in [-0.05, 0) is 59.1 Å². The third-order valence-corrected chi connectivity index (χ3v) is 5.23. The van der Waals surface area contributed by atoms with Crippen LogP contribution in [0, 0.1) is 13.8 Å². The average Bonchev–Trinajstić information content (AvgIpc) is 2.49. The highest BCUT2D eigenvalue weighted by molar-refractivity contribution is 9.10. The summed E-state index contributed by atoms with van der Waals surface area (Å²) in [5, 5.41) is 0. The van der Waals surface area contributed by atoms with Crippen LogP contribution in [0.4, 0.5) is 0 Å². The molecule has 0 aromatic heterocycles. The molecular weight excluding hydrogens is 384 g/mol. The number of hydrogen-bond acceptors (Lipinski definition) is 5. The lowest BCUT2D eigenvalue weighted by Crippen LogP contribution is -2.12. The fraction of sp³-hybridized carbons (Fsp3) is 0.250. The fourth-order valence-electron chi connectivity index (χ4n) is 2.07. The van der Waals surface area contributed by atoms with Gasteiger partial charge >= 0.3 is 10.1 Å². The standard InChI is InChI=1S/C16H17BrO5S/c1-10-5-6-13(12(17)7-10)22-23(18,19)16-9-15(21-4)14(20-3)8-11(16)2/h5-9H,1-4H3. The van der Waals surface area contributed by atoms with E-state index in [-0.39, 0.29) is 10.6 Å². The summed E-state index contributed by atoms with van der Waals surface area (Å²) in [6, 6.07) is 8.15. The van der Waals surface area contributed by atoms with Gasteiger partial charge in [-0.2, -0.15) is 8.42 Å². The van der Waals surface area contributed by atoms with Crippen molar-refractivity contribution in [2.24, 2.45) is 0 Å². The van der Waals surface area contributed by atoms with E-state index in [2.05, 4.69) is 15.9 Å². The number of aryl methyl sites for hydroxylation is 2. The molecule has 0 spiro atoms. The van der Waals surface area contributed by atoms with Crippen LogP contribution in [-0.4, -0.2) is 22.6 Å². The lowest BCUT2D eigenvalue weighted by Gasteiger charge is -2.14. The molecule has 0 heterocycles. The highest BCUT2D eigenvalue weighted by atomic mass is 79.9. The van der Waals surface area contributed by atoms with Crippen molar-refractivity contribution in [3.63, 3.8) is 0 Å². The summed E-state index contributed by atoms with van der Waals surface area (Å²) in [6.07, 6.45) is 0. The van der Waals surface area contributed by atoms with E-state index >= 15 is 0 Å². The van der Waals surface area contributed by atoms with Crippen molar-refractivity contribution < 1.29 is 22.1 Å². The highest BCUT2D eigenvalue weighted by Crippen LogP contribution is 2.34. The topological polar surface area (TPSA) is 61.8 Å². The Morgan fingerprint density at radius 2 is 1.52 bits per heavy atom. The Balaban J connectivity index is 2.47. The van der Waals surface area contributed by atoms with E-state index in [0.29, 0.717) is 21.5 Å². The predicted octanol–water partition coefficient (Wildman–Crippen LogP) is 3.85. The van der Waals surface area contributed by atoms with Crippen LogP contribution in [0.15, 0.2) is 39.7 Å². The maximum atomic E-state index is 12.6. The molecule has 7 heteroatoms. The Morgan fingerprint density at radius 1 is 0.913 bits per heavy atom. The van der Waals surface area contributed by atoms with E-state index in [9.17, 15) is 8.42 Å².